The second kappa shape index (κ2) is 16.4. The number of anilines is 3. The van der Waals surface area contributed by atoms with E-state index in [-0.39, 0.29) is 5.41 Å². The third-order valence-corrected chi connectivity index (χ3v) is 11.9. The van der Waals surface area contributed by atoms with E-state index in [9.17, 15) is 0 Å². The average Bonchev–Trinajstić information content (AvgIpc) is 3.97. The molecule has 2 heterocycles. The molecule has 0 saturated heterocycles. The van der Waals surface area contributed by atoms with Gasteiger partial charge in [0.05, 0.1) is 16.6 Å². The van der Waals surface area contributed by atoms with E-state index in [1.54, 1.807) is 6.08 Å². The molecule has 10 aromatic rings. The summed E-state index contributed by atoms with van der Waals surface area (Å²) in [5.74, 6) is 0. The van der Waals surface area contributed by atoms with E-state index >= 15 is 0 Å². The van der Waals surface area contributed by atoms with Crippen molar-refractivity contribution in [2.75, 3.05) is 4.90 Å². The molecule has 1 aliphatic rings. The van der Waals surface area contributed by atoms with Crippen molar-refractivity contribution in [2.45, 2.75) is 40.0 Å². The van der Waals surface area contributed by atoms with Gasteiger partial charge in [-0.3, -0.25) is 0 Å². The van der Waals surface area contributed by atoms with Crippen LogP contribution in [0.4, 0.5) is 17.1 Å². The van der Waals surface area contributed by atoms with Gasteiger partial charge in [0, 0.05) is 56.2 Å². The highest BCUT2D eigenvalue weighted by molar-refractivity contribution is 6.21. The quantitative estimate of drug-likeness (QED) is 0.153. The van der Waals surface area contributed by atoms with Crippen LogP contribution in [0.15, 0.2) is 213 Å². The maximum atomic E-state index is 3.36. The van der Waals surface area contributed by atoms with Gasteiger partial charge in [-0.05, 0) is 119 Å². The molecule has 0 saturated carbocycles. The summed E-state index contributed by atoms with van der Waals surface area (Å²) in [6.45, 7) is 14.0. The van der Waals surface area contributed by atoms with Gasteiger partial charge in [-0.25, -0.2) is 0 Å². The third kappa shape index (κ3) is 6.73. The van der Waals surface area contributed by atoms with Crippen LogP contribution in [0.5, 0.6) is 0 Å². The molecule has 298 valence electrons. The Morgan fingerprint density at radius 1 is 0.508 bits per heavy atom. The van der Waals surface area contributed by atoms with Crippen LogP contribution in [0.1, 0.15) is 45.7 Å². The van der Waals surface area contributed by atoms with Crippen molar-refractivity contribution in [1.82, 2.24) is 9.13 Å². The van der Waals surface area contributed by atoms with Gasteiger partial charge < -0.3 is 14.0 Å². The van der Waals surface area contributed by atoms with Gasteiger partial charge in [0.1, 0.15) is 0 Å². The van der Waals surface area contributed by atoms with Crippen LogP contribution < -0.4 is 4.90 Å². The maximum absolute atomic E-state index is 3.36. The van der Waals surface area contributed by atoms with E-state index in [0.29, 0.717) is 0 Å². The highest BCUT2D eigenvalue weighted by Gasteiger charge is 2.35. The number of hydrogen-bond acceptors (Lipinski definition) is 1. The molecule has 0 unspecified atom stereocenters. The largest absolute Gasteiger partial charge is 0.316 e. The SMILES string of the molecule is C=CC.CC.CC1(C)c2ccccc2-c2ccc(N(c3ccc(-c4ccccc4)cc3)c3ccc4c(c3)c3c5c(ccc3n4-c3ccccc3)ccn5-c3ccccc3)cc21. The van der Waals surface area contributed by atoms with Crippen molar-refractivity contribution in [1.29, 1.82) is 0 Å². The summed E-state index contributed by atoms with van der Waals surface area (Å²) < 4.78 is 4.77. The fourth-order valence-corrected chi connectivity index (χ4v) is 9.23. The van der Waals surface area contributed by atoms with Crippen molar-refractivity contribution < 1.29 is 0 Å². The molecule has 61 heavy (non-hydrogen) atoms. The normalized spacial score (nSPS) is 12.2. The lowest BCUT2D eigenvalue weighted by Crippen LogP contribution is -2.16. The number of aromatic nitrogens is 2. The molecule has 0 radical (unpaired) electrons. The van der Waals surface area contributed by atoms with Crippen LogP contribution >= 0.6 is 0 Å². The number of allylic oxidation sites excluding steroid dienone is 1. The number of hydrogen-bond donors (Lipinski definition) is 0. The predicted octanol–water partition coefficient (Wildman–Crippen LogP) is 16.4. The minimum atomic E-state index is -0.119. The van der Waals surface area contributed by atoms with Crippen LogP contribution in [-0.4, -0.2) is 9.13 Å². The molecule has 11 rings (SSSR count). The smallest absolute Gasteiger partial charge is 0.0628 e. The summed E-state index contributed by atoms with van der Waals surface area (Å²) in [5, 5.41) is 3.66. The zero-order chi connectivity index (χ0) is 42.1. The predicted molar refractivity (Wildman–Crippen MR) is 263 cm³/mol. The molecule has 8 aromatic carbocycles. The molecule has 0 amide bonds. The van der Waals surface area contributed by atoms with Crippen LogP contribution in [0.2, 0.25) is 0 Å². The van der Waals surface area contributed by atoms with Crippen LogP contribution in [0.25, 0.3) is 66.3 Å². The fourth-order valence-electron chi connectivity index (χ4n) is 9.23. The second-order valence-corrected chi connectivity index (χ2v) is 15.8. The second-order valence-electron chi connectivity index (χ2n) is 15.8. The molecule has 0 N–H and O–H groups in total. The van der Waals surface area contributed by atoms with E-state index in [2.05, 4.69) is 235 Å². The Labute approximate surface area is 360 Å². The minimum Gasteiger partial charge on any atom is -0.316 e. The third-order valence-electron chi connectivity index (χ3n) is 11.9. The Bertz CT molecular complexity index is 3130. The van der Waals surface area contributed by atoms with Crippen molar-refractivity contribution in [2.24, 2.45) is 0 Å². The first-order chi connectivity index (χ1) is 30.0. The molecule has 0 bridgehead atoms. The first-order valence-electron chi connectivity index (χ1n) is 21.4. The van der Waals surface area contributed by atoms with Gasteiger partial charge in [0.15, 0.2) is 0 Å². The first-order valence-corrected chi connectivity index (χ1v) is 21.4. The first kappa shape index (κ1) is 39.1. The number of rotatable bonds is 6. The summed E-state index contributed by atoms with van der Waals surface area (Å²) in [4.78, 5) is 2.44. The zero-order valence-corrected chi connectivity index (χ0v) is 35.7. The number of benzene rings is 8. The van der Waals surface area contributed by atoms with E-state index in [0.717, 1.165) is 28.4 Å². The maximum Gasteiger partial charge on any atom is 0.0628 e. The molecule has 2 aromatic heterocycles. The van der Waals surface area contributed by atoms with Gasteiger partial charge >= 0.3 is 0 Å². The highest BCUT2D eigenvalue weighted by Crippen LogP contribution is 2.51. The molecule has 3 nitrogen and oxygen atoms in total. The van der Waals surface area contributed by atoms with Gasteiger partial charge in [-0.1, -0.05) is 149 Å². The Morgan fingerprint density at radius 3 is 1.75 bits per heavy atom. The van der Waals surface area contributed by atoms with Gasteiger partial charge in [-0.2, -0.15) is 0 Å². The Hall–Kier alpha value is -7.36. The van der Waals surface area contributed by atoms with E-state index < -0.39 is 0 Å². The number of fused-ring (bicyclic) bond motifs is 8. The Balaban J connectivity index is 0.000000914. The van der Waals surface area contributed by atoms with Crippen LogP contribution in [0.3, 0.4) is 0 Å². The molecular weight excluding hydrogens is 739 g/mol. The highest BCUT2D eigenvalue weighted by atomic mass is 15.1. The number of nitrogens with zero attached hydrogens (tertiary/aromatic N) is 3. The average molecular weight is 790 g/mol. The van der Waals surface area contributed by atoms with Gasteiger partial charge in [0.2, 0.25) is 0 Å². The number of para-hydroxylation sites is 2. The van der Waals surface area contributed by atoms with Crippen molar-refractivity contribution in [3.8, 4) is 33.6 Å². The van der Waals surface area contributed by atoms with E-state index in [1.165, 1.54) is 66.1 Å². The lowest BCUT2D eigenvalue weighted by Gasteiger charge is -2.28. The van der Waals surface area contributed by atoms with Crippen LogP contribution in [0, 0.1) is 0 Å². The Kier molecular flexibility index (Phi) is 10.5. The molecular formula is C58H51N3. The monoisotopic (exact) mass is 789 g/mol. The topological polar surface area (TPSA) is 13.1 Å². The molecule has 3 heteroatoms. The molecule has 1 aliphatic carbocycles. The van der Waals surface area contributed by atoms with Crippen LogP contribution in [-0.2, 0) is 5.41 Å². The molecule has 0 spiro atoms. The Morgan fingerprint density at radius 2 is 1.05 bits per heavy atom. The van der Waals surface area contributed by atoms with Crippen molar-refractivity contribution in [3.63, 3.8) is 0 Å². The molecule has 0 fully saturated rings. The summed E-state index contributed by atoms with van der Waals surface area (Å²) in [5.41, 5.74) is 16.9. The van der Waals surface area contributed by atoms with Crippen molar-refractivity contribution >= 4 is 49.8 Å². The minimum absolute atomic E-state index is 0.119. The summed E-state index contributed by atoms with van der Waals surface area (Å²) in [6, 6.07) is 70.9. The fraction of sp³-hybridized carbons (Fsp3) is 0.103. The zero-order valence-electron chi connectivity index (χ0n) is 35.7. The lowest BCUT2D eigenvalue weighted by atomic mass is 9.82. The van der Waals surface area contributed by atoms with Gasteiger partial charge in [-0.15, -0.1) is 6.58 Å². The van der Waals surface area contributed by atoms with E-state index in [1.807, 2.05) is 20.8 Å². The van der Waals surface area contributed by atoms with Crippen molar-refractivity contribution in [3.05, 3.63) is 224 Å². The lowest BCUT2D eigenvalue weighted by molar-refractivity contribution is 0.660. The molecule has 0 atom stereocenters. The van der Waals surface area contributed by atoms with Gasteiger partial charge in [0.25, 0.3) is 0 Å². The van der Waals surface area contributed by atoms with E-state index in [4.69, 9.17) is 0 Å². The standard InChI is InChI=1S/C53H39N3.C3H6.C2H6/c1-53(2)47-21-13-12-20-44(47)45-29-27-43(35-48(45)53)55(41-25-22-37(23-26-41)36-14-6-3-7-15-36)42-28-31-49-46(34-42)51-50(56(49)40-18-10-5-11-19-40)30-24-38-32-33-54(52(38)51)39-16-8-4-9-17-39;1-3-2;1-2/h3-35H,1-2H3;3H,1H2,2H3;1-2H3. The summed E-state index contributed by atoms with van der Waals surface area (Å²) in [7, 11) is 0. The summed E-state index contributed by atoms with van der Waals surface area (Å²) in [6.07, 6.45) is 3.96. The molecule has 0 aliphatic heterocycles. The summed E-state index contributed by atoms with van der Waals surface area (Å²) >= 11 is 0.